The maximum atomic E-state index is 12.6. The topological polar surface area (TPSA) is 75.3 Å². The van der Waals surface area contributed by atoms with Crippen molar-refractivity contribution in [3.05, 3.63) is 87.9 Å². The zero-order valence-corrected chi connectivity index (χ0v) is 17.9. The molecule has 0 radical (unpaired) electrons. The van der Waals surface area contributed by atoms with Crippen LogP contribution in [-0.2, 0) is 10.0 Å². The first-order valence-corrected chi connectivity index (χ1v) is 10.8. The Labute approximate surface area is 175 Å². The van der Waals surface area contributed by atoms with E-state index >= 15 is 0 Å². The van der Waals surface area contributed by atoms with Gasteiger partial charge in [-0.05, 0) is 68.3 Å². The Morgan fingerprint density at radius 1 is 0.862 bits per heavy atom. The molecule has 0 bridgehead atoms. The van der Waals surface area contributed by atoms with Gasteiger partial charge >= 0.3 is 0 Å². The summed E-state index contributed by atoms with van der Waals surface area (Å²) in [6.07, 6.45) is 0. The van der Waals surface area contributed by atoms with E-state index in [0.717, 1.165) is 16.7 Å². The number of rotatable bonds is 5. The summed E-state index contributed by atoms with van der Waals surface area (Å²) in [7, 11) is -3.75. The first-order valence-electron chi connectivity index (χ1n) is 8.93. The maximum absolute atomic E-state index is 12.6. The molecule has 29 heavy (non-hydrogen) atoms. The van der Waals surface area contributed by atoms with E-state index in [9.17, 15) is 13.2 Å². The summed E-state index contributed by atoms with van der Waals surface area (Å²) in [5.74, 6) is -0.364. The largest absolute Gasteiger partial charge is 0.322 e. The van der Waals surface area contributed by atoms with E-state index in [1.807, 2.05) is 39.0 Å². The number of sulfonamides is 1. The number of nitrogens with one attached hydrogen (secondary N) is 2. The molecule has 5 nitrogen and oxygen atoms in total. The van der Waals surface area contributed by atoms with Crippen molar-refractivity contribution in [1.29, 1.82) is 0 Å². The molecule has 0 saturated carbocycles. The molecule has 0 aliphatic rings. The van der Waals surface area contributed by atoms with Crippen LogP contribution >= 0.6 is 11.6 Å². The van der Waals surface area contributed by atoms with Gasteiger partial charge in [0.15, 0.2) is 0 Å². The molecule has 150 valence electrons. The highest BCUT2D eigenvalue weighted by molar-refractivity contribution is 7.92. The van der Waals surface area contributed by atoms with Gasteiger partial charge < -0.3 is 5.32 Å². The number of aryl methyl sites for hydroxylation is 3. The van der Waals surface area contributed by atoms with Crippen molar-refractivity contribution >= 4 is 38.9 Å². The van der Waals surface area contributed by atoms with Crippen molar-refractivity contribution in [3.8, 4) is 0 Å². The fourth-order valence-corrected chi connectivity index (χ4v) is 4.07. The molecular weight excluding hydrogens is 408 g/mol. The zero-order valence-electron chi connectivity index (χ0n) is 16.3. The third-order valence-corrected chi connectivity index (χ3v) is 6.15. The van der Waals surface area contributed by atoms with Crippen LogP contribution in [-0.4, -0.2) is 14.3 Å². The lowest BCUT2D eigenvalue weighted by molar-refractivity contribution is 0.102. The lowest BCUT2D eigenvalue weighted by Gasteiger charge is -2.12. The summed E-state index contributed by atoms with van der Waals surface area (Å²) >= 11 is 6.26. The molecule has 0 heterocycles. The second-order valence-electron chi connectivity index (χ2n) is 6.89. The first-order chi connectivity index (χ1) is 13.7. The number of hydrogen-bond acceptors (Lipinski definition) is 3. The van der Waals surface area contributed by atoms with Gasteiger partial charge in [0.05, 0.1) is 21.2 Å². The van der Waals surface area contributed by atoms with E-state index in [2.05, 4.69) is 10.0 Å². The van der Waals surface area contributed by atoms with Crippen LogP contribution in [0.3, 0.4) is 0 Å². The lowest BCUT2D eigenvalue weighted by atomic mass is 10.1. The van der Waals surface area contributed by atoms with Gasteiger partial charge in [-0.1, -0.05) is 41.4 Å². The molecular formula is C22H21ClN2O3S. The van der Waals surface area contributed by atoms with E-state index in [1.165, 1.54) is 30.3 Å². The quantitative estimate of drug-likeness (QED) is 0.577. The fraction of sp³-hybridized carbons (Fsp3) is 0.136. The van der Waals surface area contributed by atoms with Gasteiger partial charge in [0.1, 0.15) is 0 Å². The van der Waals surface area contributed by atoms with Crippen molar-refractivity contribution in [2.45, 2.75) is 25.7 Å². The standard InChI is InChI=1S/C22H21ClN2O3S/c1-14-5-9-18(10-6-14)29(27,28)25-17-8-11-19(20(23)13-17)22(26)24-21-12-15(2)4-7-16(21)3/h4-13,25H,1-3H3,(H,24,26). The Morgan fingerprint density at radius 2 is 1.52 bits per heavy atom. The summed E-state index contributed by atoms with van der Waals surface area (Å²) in [4.78, 5) is 12.8. The van der Waals surface area contributed by atoms with Crippen molar-refractivity contribution < 1.29 is 13.2 Å². The molecule has 0 fully saturated rings. The predicted octanol–water partition coefficient (Wildman–Crippen LogP) is 5.32. The average molecular weight is 429 g/mol. The van der Waals surface area contributed by atoms with E-state index in [1.54, 1.807) is 12.1 Å². The summed E-state index contributed by atoms with van der Waals surface area (Å²) < 4.78 is 27.5. The molecule has 0 saturated heterocycles. The van der Waals surface area contributed by atoms with Crippen molar-refractivity contribution in [2.24, 2.45) is 0 Å². The minimum absolute atomic E-state index is 0.149. The third kappa shape index (κ3) is 4.96. The molecule has 1 amide bonds. The highest BCUT2D eigenvalue weighted by Gasteiger charge is 2.17. The SMILES string of the molecule is Cc1ccc(S(=O)(=O)Nc2ccc(C(=O)Nc3cc(C)ccc3C)c(Cl)c2)cc1. The zero-order chi connectivity index (χ0) is 21.2. The van der Waals surface area contributed by atoms with E-state index in [-0.39, 0.29) is 27.1 Å². The van der Waals surface area contributed by atoms with Gasteiger partial charge in [-0.15, -0.1) is 0 Å². The minimum atomic E-state index is -3.75. The Bertz CT molecular complexity index is 1170. The van der Waals surface area contributed by atoms with Crippen LogP contribution in [0.4, 0.5) is 11.4 Å². The molecule has 3 aromatic carbocycles. The van der Waals surface area contributed by atoms with Crippen LogP contribution in [0.15, 0.2) is 65.6 Å². The lowest BCUT2D eigenvalue weighted by Crippen LogP contribution is -2.15. The molecule has 3 rings (SSSR count). The van der Waals surface area contributed by atoms with Crippen LogP contribution in [0, 0.1) is 20.8 Å². The second-order valence-corrected chi connectivity index (χ2v) is 8.98. The van der Waals surface area contributed by atoms with Crippen LogP contribution in [0.1, 0.15) is 27.0 Å². The number of halogens is 1. The number of carbonyl (C=O) groups is 1. The molecule has 3 aromatic rings. The normalized spacial score (nSPS) is 11.2. The Kier molecular flexibility index (Phi) is 5.96. The molecule has 0 atom stereocenters. The van der Waals surface area contributed by atoms with Gasteiger partial charge in [-0.2, -0.15) is 0 Å². The number of carbonyl (C=O) groups excluding carboxylic acids is 1. The molecule has 0 unspecified atom stereocenters. The van der Waals surface area contributed by atoms with Crippen LogP contribution in [0.5, 0.6) is 0 Å². The molecule has 7 heteroatoms. The van der Waals surface area contributed by atoms with Gasteiger partial charge in [0.25, 0.3) is 15.9 Å². The van der Waals surface area contributed by atoms with E-state index in [4.69, 9.17) is 11.6 Å². The summed E-state index contributed by atoms with van der Waals surface area (Å²) in [6, 6.07) is 16.7. The third-order valence-electron chi connectivity index (χ3n) is 4.44. The van der Waals surface area contributed by atoms with E-state index in [0.29, 0.717) is 5.69 Å². The predicted molar refractivity (Wildman–Crippen MR) is 117 cm³/mol. The number of amides is 1. The molecule has 0 aliphatic heterocycles. The molecule has 2 N–H and O–H groups in total. The highest BCUT2D eigenvalue weighted by atomic mass is 35.5. The Hall–Kier alpha value is -2.83. The number of hydrogen-bond donors (Lipinski definition) is 2. The summed E-state index contributed by atoms with van der Waals surface area (Å²) in [5.41, 5.74) is 4.16. The first kappa shape index (κ1) is 20.9. The van der Waals surface area contributed by atoms with Crippen LogP contribution in [0.2, 0.25) is 5.02 Å². The van der Waals surface area contributed by atoms with Gasteiger partial charge in [-0.3, -0.25) is 9.52 Å². The monoisotopic (exact) mass is 428 g/mol. The Balaban J connectivity index is 1.80. The molecule has 0 aliphatic carbocycles. The number of benzene rings is 3. The molecule has 0 spiro atoms. The van der Waals surface area contributed by atoms with E-state index < -0.39 is 10.0 Å². The van der Waals surface area contributed by atoms with Crippen molar-refractivity contribution in [3.63, 3.8) is 0 Å². The minimum Gasteiger partial charge on any atom is -0.322 e. The molecule has 0 aromatic heterocycles. The number of anilines is 2. The van der Waals surface area contributed by atoms with Gasteiger partial charge in [0.2, 0.25) is 0 Å². The average Bonchev–Trinajstić information content (AvgIpc) is 2.64. The van der Waals surface area contributed by atoms with Crippen molar-refractivity contribution in [2.75, 3.05) is 10.0 Å². The maximum Gasteiger partial charge on any atom is 0.261 e. The fourth-order valence-electron chi connectivity index (χ4n) is 2.75. The van der Waals surface area contributed by atoms with Crippen LogP contribution in [0.25, 0.3) is 0 Å². The summed E-state index contributed by atoms with van der Waals surface area (Å²) in [5, 5.41) is 2.99. The highest BCUT2D eigenvalue weighted by Crippen LogP contribution is 2.25. The van der Waals surface area contributed by atoms with Gasteiger partial charge in [0, 0.05) is 5.69 Å². The Morgan fingerprint density at radius 3 is 2.17 bits per heavy atom. The smallest absolute Gasteiger partial charge is 0.261 e. The van der Waals surface area contributed by atoms with Crippen LogP contribution < -0.4 is 10.0 Å². The second kappa shape index (κ2) is 8.27. The summed E-state index contributed by atoms with van der Waals surface area (Å²) in [6.45, 7) is 5.72. The van der Waals surface area contributed by atoms with Gasteiger partial charge in [-0.25, -0.2) is 8.42 Å². The van der Waals surface area contributed by atoms with Crippen molar-refractivity contribution in [1.82, 2.24) is 0 Å².